The molecule has 3 nitrogen and oxygen atoms in total. The molecule has 5 heteroatoms. The molecule has 0 saturated heterocycles. The molecule has 0 heterocycles. The number of aromatic hydroxyl groups is 1. The summed E-state index contributed by atoms with van der Waals surface area (Å²) in [5, 5.41) is 11.9. The minimum absolute atomic E-state index is 0.0744. The molecule has 1 amide bonds. The van der Waals surface area contributed by atoms with Gasteiger partial charge in [0, 0.05) is 25.1 Å². The first-order valence-corrected chi connectivity index (χ1v) is 5.09. The summed E-state index contributed by atoms with van der Waals surface area (Å²) in [6.07, 6.45) is 3.53. The van der Waals surface area contributed by atoms with Gasteiger partial charge in [0.2, 0.25) is 5.91 Å². The zero-order valence-electron chi connectivity index (χ0n) is 9.34. The second-order valence-corrected chi connectivity index (χ2v) is 3.50. The van der Waals surface area contributed by atoms with Crippen LogP contribution in [0.4, 0.5) is 8.78 Å². The number of carbonyl (C=O) groups excluding carboxylic acids is 1. The van der Waals surface area contributed by atoms with E-state index >= 15 is 0 Å². The molecule has 0 bridgehead atoms. The zero-order valence-corrected chi connectivity index (χ0v) is 9.34. The second kappa shape index (κ2) is 5.98. The first-order chi connectivity index (χ1) is 8.00. The van der Waals surface area contributed by atoms with Crippen molar-refractivity contribution < 1.29 is 18.7 Å². The number of phenols is 1. The Morgan fingerprint density at radius 2 is 2.18 bits per heavy atom. The molecule has 1 rings (SSSR count). The lowest BCUT2D eigenvalue weighted by Gasteiger charge is -2.01. The quantitative estimate of drug-likeness (QED) is 0.794. The number of benzene rings is 1. The van der Waals surface area contributed by atoms with E-state index in [0.717, 1.165) is 6.07 Å². The fourth-order valence-corrected chi connectivity index (χ4v) is 1.25. The van der Waals surface area contributed by atoms with Gasteiger partial charge in [-0.2, -0.15) is 0 Å². The lowest BCUT2D eigenvalue weighted by molar-refractivity contribution is -0.118. The molecule has 92 valence electrons. The van der Waals surface area contributed by atoms with E-state index in [9.17, 15) is 18.7 Å². The van der Waals surface area contributed by atoms with Crippen molar-refractivity contribution >= 4 is 12.0 Å². The standard InChI is InChI=1S/C12H13F2NO2/c1-8(16)15-5-3-2-4-9-6-10(13)7-11(14)12(9)17/h2,4,6-7,17H,3,5H2,1H3,(H,15,16). The van der Waals surface area contributed by atoms with Crippen LogP contribution in [0, 0.1) is 11.6 Å². The van der Waals surface area contributed by atoms with Crippen molar-refractivity contribution in [3.63, 3.8) is 0 Å². The minimum Gasteiger partial charge on any atom is -0.504 e. The van der Waals surface area contributed by atoms with Gasteiger partial charge >= 0.3 is 0 Å². The van der Waals surface area contributed by atoms with Crippen molar-refractivity contribution in [3.05, 3.63) is 35.4 Å². The van der Waals surface area contributed by atoms with Gasteiger partial charge in [-0.15, -0.1) is 0 Å². The van der Waals surface area contributed by atoms with Crippen molar-refractivity contribution in [1.82, 2.24) is 5.32 Å². The first kappa shape index (κ1) is 13.2. The monoisotopic (exact) mass is 241 g/mol. The highest BCUT2D eigenvalue weighted by atomic mass is 19.1. The normalized spacial score (nSPS) is 10.8. The predicted octanol–water partition coefficient (Wildman–Crippen LogP) is 2.21. The topological polar surface area (TPSA) is 49.3 Å². The van der Waals surface area contributed by atoms with Gasteiger partial charge in [0.05, 0.1) is 0 Å². The summed E-state index contributed by atoms with van der Waals surface area (Å²) in [7, 11) is 0. The molecule has 0 fully saturated rings. The Morgan fingerprint density at radius 1 is 1.47 bits per heavy atom. The van der Waals surface area contributed by atoms with Gasteiger partial charge in [0.1, 0.15) is 5.82 Å². The van der Waals surface area contributed by atoms with Crippen molar-refractivity contribution in [2.24, 2.45) is 0 Å². The zero-order chi connectivity index (χ0) is 12.8. The Morgan fingerprint density at radius 3 is 2.82 bits per heavy atom. The first-order valence-electron chi connectivity index (χ1n) is 5.09. The Bertz CT molecular complexity index is 444. The number of nitrogens with one attached hydrogen (secondary N) is 1. The molecule has 0 spiro atoms. The maximum absolute atomic E-state index is 12.9. The summed E-state index contributed by atoms with van der Waals surface area (Å²) in [5.41, 5.74) is 0.0744. The molecule has 0 aromatic heterocycles. The van der Waals surface area contributed by atoms with E-state index in [1.165, 1.54) is 13.0 Å². The second-order valence-electron chi connectivity index (χ2n) is 3.50. The molecular formula is C12H13F2NO2. The molecule has 1 aromatic rings. The SMILES string of the molecule is CC(=O)NCCC=Cc1cc(F)cc(F)c1O. The molecule has 0 radical (unpaired) electrons. The van der Waals surface area contributed by atoms with E-state index in [-0.39, 0.29) is 11.5 Å². The molecule has 1 aromatic carbocycles. The number of amides is 1. The molecule has 0 aliphatic rings. The molecule has 0 aliphatic heterocycles. The molecule has 0 aliphatic carbocycles. The lowest BCUT2D eigenvalue weighted by atomic mass is 10.1. The summed E-state index contributed by atoms with van der Waals surface area (Å²) in [6, 6.07) is 1.65. The number of rotatable bonds is 4. The van der Waals surface area contributed by atoms with Crippen LogP contribution >= 0.6 is 0 Å². The highest BCUT2D eigenvalue weighted by Gasteiger charge is 2.07. The number of hydrogen-bond acceptors (Lipinski definition) is 2. The van der Waals surface area contributed by atoms with Crippen LogP contribution in [0.25, 0.3) is 6.08 Å². The molecule has 17 heavy (non-hydrogen) atoms. The fraction of sp³-hybridized carbons (Fsp3) is 0.250. The van der Waals surface area contributed by atoms with Gasteiger partial charge in [-0.1, -0.05) is 12.2 Å². The van der Waals surface area contributed by atoms with Gasteiger partial charge in [-0.25, -0.2) is 8.78 Å². The minimum atomic E-state index is -0.994. The summed E-state index contributed by atoms with van der Waals surface area (Å²) < 4.78 is 25.8. The van der Waals surface area contributed by atoms with Gasteiger partial charge in [0.15, 0.2) is 11.6 Å². The summed E-state index contributed by atoms with van der Waals surface area (Å²) in [4.78, 5) is 10.5. The van der Waals surface area contributed by atoms with Crippen LogP contribution in [0.2, 0.25) is 0 Å². The summed E-state index contributed by atoms with van der Waals surface area (Å²) in [5.74, 6) is -2.46. The lowest BCUT2D eigenvalue weighted by Crippen LogP contribution is -2.20. The predicted molar refractivity (Wildman–Crippen MR) is 60.4 cm³/mol. The van der Waals surface area contributed by atoms with Gasteiger partial charge in [0.25, 0.3) is 0 Å². The van der Waals surface area contributed by atoms with Crippen LogP contribution in [0.1, 0.15) is 18.9 Å². The van der Waals surface area contributed by atoms with Crippen molar-refractivity contribution in [2.75, 3.05) is 6.54 Å². The van der Waals surface area contributed by atoms with Crippen LogP contribution in [0.3, 0.4) is 0 Å². The van der Waals surface area contributed by atoms with Gasteiger partial charge in [-0.3, -0.25) is 4.79 Å². The van der Waals surface area contributed by atoms with E-state index in [1.807, 2.05) is 0 Å². The molecule has 2 N–H and O–H groups in total. The Kier molecular flexibility index (Phi) is 4.63. The summed E-state index contributed by atoms with van der Waals surface area (Å²) in [6.45, 7) is 1.84. The maximum atomic E-state index is 12.9. The Hall–Kier alpha value is -1.91. The van der Waals surface area contributed by atoms with Crippen molar-refractivity contribution in [2.45, 2.75) is 13.3 Å². The molecule has 0 unspecified atom stereocenters. The molecule has 0 atom stereocenters. The van der Waals surface area contributed by atoms with E-state index in [0.29, 0.717) is 19.0 Å². The smallest absolute Gasteiger partial charge is 0.216 e. The van der Waals surface area contributed by atoms with Crippen LogP contribution in [-0.2, 0) is 4.79 Å². The fourth-order valence-electron chi connectivity index (χ4n) is 1.25. The Labute approximate surface area is 97.8 Å². The van der Waals surface area contributed by atoms with E-state index in [4.69, 9.17) is 0 Å². The van der Waals surface area contributed by atoms with Crippen molar-refractivity contribution in [1.29, 1.82) is 0 Å². The largest absolute Gasteiger partial charge is 0.504 e. The highest BCUT2D eigenvalue weighted by Crippen LogP contribution is 2.23. The van der Waals surface area contributed by atoms with Crippen LogP contribution < -0.4 is 5.32 Å². The number of halogens is 2. The Balaban J connectivity index is 2.62. The van der Waals surface area contributed by atoms with Crippen LogP contribution in [0.15, 0.2) is 18.2 Å². The third kappa shape index (κ3) is 4.22. The average molecular weight is 241 g/mol. The van der Waals surface area contributed by atoms with E-state index in [2.05, 4.69) is 5.32 Å². The summed E-state index contributed by atoms with van der Waals surface area (Å²) >= 11 is 0. The van der Waals surface area contributed by atoms with Gasteiger partial charge < -0.3 is 10.4 Å². The van der Waals surface area contributed by atoms with Gasteiger partial charge in [-0.05, 0) is 12.5 Å². The number of hydrogen-bond donors (Lipinski definition) is 2. The third-order valence-electron chi connectivity index (χ3n) is 2.04. The van der Waals surface area contributed by atoms with E-state index in [1.54, 1.807) is 6.08 Å². The molecule has 0 saturated carbocycles. The van der Waals surface area contributed by atoms with E-state index < -0.39 is 17.4 Å². The van der Waals surface area contributed by atoms with Crippen LogP contribution in [0.5, 0.6) is 5.75 Å². The highest BCUT2D eigenvalue weighted by molar-refractivity contribution is 5.72. The average Bonchev–Trinajstić information content (AvgIpc) is 2.23. The number of phenolic OH excluding ortho intramolecular Hbond substituents is 1. The third-order valence-corrected chi connectivity index (χ3v) is 2.04. The van der Waals surface area contributed by atoms with Crippen molar-refractivity contribution in [3.8, 4) is 5.75 Å². The molecular weight excluding hydrogens is 228 g/mol. The maximum Gasteiger partial charge on any atom is 0.216 e. The van der Waals surface area contributed by atoms with Crippen LogP contribution in [-0.4, -0.2) is 17.6 Å². The number of carbonyl (C=O) groups is 1.